The van der Waals surface area contributed by atoms with Crippen molar-refractivity contribution in [3.05, 3.63) is 29.3 Å². The predicted molar refractivity (Wildman–Crippen MR) is 87.8 cm³/mol. The molecule has 0 heterocycles. The molecule has 0 aliphatic rings. The molecule has 7 heteroatoms. The van der Waals surface area contributed by atoms with Crippen LogP contribution in [0.15, 0.2) is 18.2 Å². The van der Waals surface area contributed by atoms with Crippen LogP contribution in [0.4, 0.5) is 0 Å². The first-order valence-corrected chi connectivity index (χ1v) is 10.2. The molecule has 0 saturated heterocycles. The molecule has 5 nitrogen and oxygen atoms in total. The van der Waals surface area contributed by atoms with Gasteiger partial charge in [0.05, 0.1) is 0 Å². The fourth-order valence-electron chi connectivity index (χ4n) is 3.19. The van der Waals surface area contributed by atoms with Gasteiger partial charge in [-0.3, -0.25) is 0 Å². The van der Waals surface area contributed by atoms with Crippen molar-refractivity contribution < 1.29 is 24.0 Å². The summed E-state index contributed by atoms with van der Waals surface area (Å²) in [6.07, 6.45) is 1.44. The molecule has 0 spiro atoms. The summed E-state index contributed by atoms with van der Waals surface area (Å²) in [5.41, 5.74) is 0.911. The van der Waals surface area contributed by atoms with Crippen LogP contribution in [-0.2, 0) is 19.4 Å². The minimum absolute atomic E-state index is 0.108. The van der Waals surface area contributed by atoms with Crippen molar-refractivity contribution in [3.8, 4) is 5.75 Å². The average Bonchev–Trinajstić information content (AvgIpc) is 2.50. The van der Waals surface area contributed by atoms with Gasteiger partial charge in [0.25, 0.3) is 0 Å². The second-order valence-corrected chi connectivity index (χ2v) is 8.50. The summed E-state index contributed by atoms with van der Waals surface area (Å²) >= 11 is 0. The van der Waals surface area contributed by atoms with Gasteiger partial charge in [0, 0.05) is 11.1 Å². The van der Waals surface area contributed by atoms with E-state index in [0.717, 1.165) is 0 Å². The maximum Gasteiger partial charge on any atom is 0.320 e. The highest BCUT2D eigenvalue weighted by Gasteiger charge is 2.46. The molecular weight excluding hydrogens is 334 g/mol. The lowest BCUT2D eigenvalue weighted by molar-refractivity contribution is -0.171. The molecular formula is C16H24O5P2. The van der Waals surface area contributed by atoms with E-state index in [1.807, 2.05) is 0 Å². The van der Waals surface area contributed by atoms with E-state index in [-0.39, 0.29) is 5.75 Å². The van der Waals surface area contributed by atoms with Crippen LogP contribution in [0.3, 0.4) is 0 Å². The summed E-state index contributed by atoms with van der Waals surface area (Å²) in [5.74, 6) is -0.108. The first kappa shape index (κ1) is 20.2. The summed E-state index contributed by atoms with van der Waals surface area (Å²) in [4.78, 5) is 23.7. The molecule has 0 radical (unpaired) electrons. The molecule has 1 aromatic carbocycles. The number of phenols is 1. The number of hydrogen-bond acceptors (Lipinski definition) is 5. The Labute approximate surface area is 139 Å². The van der Waals surface area contributed by atoms with Crippen molar-refractivity contribution in [1.82, 2.24) is 0 Å². The molecule has 0 fully saturated rings. The van der Waals surface area contributed by atoms with Gasteiger partial charge in [-0.15, -0.1) is 0 Å². The lowest BCUT2D eigenvalue weighted by Gasteiger charge is -2.27. The molecule has 1 aromatic rings. The van der Waals surface area contributed by atoms with E-state index in [1.165, 1.54) is 12.1 Å². The van der Waals surface area contributed by atoms with Crippen LogP contribution in [0, 0.1) is 0 Å². The van der Waals surface area contributed by atoms with Gasteiger partial charge in [-0.2, -0.15) is 0 Å². The van der Waals surface area contributed by atoms with Crippen LogP contribution >= 0.6 is 16.1 Å². The number of benzene rings is 1. The van der Waals surface area contributed by atoms with Gasteiger partial charge in [-0.05, 0) is 43.9 Å². The lowest BCUT2D eigenvalue weighted by Crippen LogP contribution is -2.27. The fourth-order valence-corrected chi connectivity index (χ4v) is 4.90. The van der Waals surface area contributed by atoms with Crippen molar-refractivity contribution in [1.29, 1.82) is 0 Å². The van der Waals surface area contributed by atoms with Crippen LogP contribution in [-0.4, -0.2) is 5.11 Å². The standard InChI is InChI=1S/C16H24O5P2/c1-5-15(6-2,22(18)19)12-9-13(11-14(17)10-12)16(7-3,8-4)23(20)21/h9-11,17H,5-8H2,1-4H3. The Morgan fingerprint density at radius 1 is 0.826 bits per heavy atom. The van der Waals surface area contributed by atoms with Crippen molar-refractivity contribution >= 4 is 16.1 Å². The van der Waals surface area contributed by atoms with Crippen LogP contribution in [0.1, 0.15) is 64.5 Å². The molecule has 0 bridgehead atoms. The quantitative estimate of drug-likeness (QED) is 0.715. The van der Waals surface area contributed by atoms with Crippen molar-refractivity contribution in [3.63, 3.8) is 0 Å². The van der Waals surface area contributed by atoms with Crippen LogP contribution < -0.4 is 9.79 Å². The summed E-state index contributed by atoms with van der Waals surface area (Å²) < 4.78 is 23.7. The van der Waals surface area contributed by atoms with E-state index in [0.29, 0.717) is 36.8 Å². The van der Waals surface area contributed by atoms with Crippen molar-refractivity contribution in [2.45, 2.75) is 63.7 Å². The van der Waals surface area contributed by atoms with E-state index in [1.54, 1.807) is 33.8 Å². The van der Waals surface area contributed by atoms with Gasteiger partial charge < -0.3 is 14.9 Å². The molecule has 0 aliphatic carbocycles. The third-order valence-corrected chi connectivity index (χ3v) is 8.21. The highest BCUT2D eigenvalue weighted by atomic mass is 31.1. The first-order chi connectivity index (χ1) is 10.7. The average molecular weight is 358 g/mol. The zero-order chi connectivity index (χ0) is 17.8. The minimum Gasteiger partial charge on any atom is -0.595 e. The Balaban J connectivity index is 3.67. The van der Waals surface area contributed by atoms with E-state index >= 15 is 0 Å². The van der Waals surface area contributed by atoms with Crippen LogP contribution in [0.5, 0.6) is 5.75 Å². The van der Waals surface area contributed by atoms with Gasteiger partial charge in [0.1, 0.15) is 5.75 Å². The molecule has 1 rings (SSSR count). The maximum atomic E-state index is 11.9. The van der Waals surface area contributed by atoms with Gasteiger partial charge >= 0.3 is 16.1 Å². The van der Waals surface area contributed by atoms with Crippen molar-refractivity contribution in [2.75, 3.05) is 0 Å². The highest BCUT2D eigenvalue weighted by Crippen LogP contribution is 2.52. The van der Waals surface area contributed by atoms with E-state index in [2.05, 4.69) is 0 Å². The van der Waals surface area contributed by atoms with E-state index in [4.69, 9.17) is 0 Å². The molecule has 0 amide bonds. The zero-order valence-corrected chi connectivity index (χ0v) is 15.8. The molecule has 0 aromatic heterocycles. The Morgan fingerprint density at radius 3 is 1.35 bits per heavy atom. The maximum absolute atomic E-state index is 11.9. The molecule has 23 heavy (non-hydrogen) atoms. The molecule has 1 N–H and O–H groups in total. The fraction of sp³-hybridized carbons (Fsp3) is 0.625. The molecule has 128 valence electrons. The summed E-state index contributed by atoms with van der Waals surface area (Å²) in [5, 5.41) is 7.89. The SMILES string of the molecule is CCC(CC)(c1cc(O)cc(C(CC)(CC)[P+](=O)[O-])c1)[P+](=O)[O-]. The summed E-state index contributed by atoms with van der Waals surface area (Å²) in [6.45, 7) is 7.11. The number of rotatable bonds is 8. The molecule has 0 saturated carbocycles. The lowest BCUT2D eigenvalue weighted by atomic mass is 9.86. The van der Waals surface area contributed by atoms with E-state index < -0.39 is 26.4 Å². The van der Waals surface area contributed by atoms with Gasteiger partial charge in [-0.25, -0.2) is 0 Å². The van der Waals surface area contributed by atoms with Crippen LogP contribution in [0.25, 0.3) is 0 Å². The smallest absolute Gasteiger partial charge is 0.320 e. The van der Waals surface area contributed by atoms with Crippen molar-refractivity contribution in [2.24, 2.45) is 0 Å². The Bertz CT molecular complexity index is 544. The molecule has 0 aliphatic heterocycles. The monoisotopic (exact) mass is 358 g/mol. The van der Waals surface area contributed by atoms with Gasteiger partial charge in [0.2, 0.25) is 0 Å². The third kappa shape index (κ3) is 3.49. The highest BCUT2D eigenvalue weighted by molar-refractivity contribution is 7.38. The minimum atomic E-state index is -2.77. The normalized spacial score (nSPS) is 13.8. The largest absolute Gasteiger partial charge is 0.595 e. The third-order valence-electron chi connectivity index (χ3n) is 5.03. The second kappa shape index (κ2) is 7.81. The Morgan fingerprint density at radius 2 is 1.13 bits per heavy atom. The Kier molecular flexibility index (Phi) is 6.85. The predicted octanol–water partition coefficient (Wildman–Crippen LogP) is 3.63. The molecule has 2 atom stereocenters. The zero-order valence-electron chi connectivity index (χ0n) is 14.0. The van der Waals surface area contributed by atoms with Crippen LogP contribution in [0.2, 0.25) is 0 Å². The first-order valence-electron chi connectivity index (χ1n) is 7.88. The number of hydrogen-bond donors (Lipinski definition) is 1. The van der Waals surface area contributed by atoms with E-state index in [9.17, 15) is 24.0 Å². The molecule has 2 unspecified atom stereocenters. The Hall–Kier alpha value is -0.860. The van der Waals surface area contributed by atoms with Gasteiger partial charge in [0.15, 0.2) is 10.3 Å². The topological polar surface area (TPSA) is 100 Å². The number of phenolic OH excluding ortho intramolecular Hbond substituents is 1. The summed E-state index contributed by atoms with van der Waals surface area (Å²) in [6, 6.07) is 4.49. The summed E-state index contributed by atoms with van der Waals surface area (Å²) in [7, 11) is -5.54. The number of aromatic hydroxyl groups is 1. The second-order valence-electron chi connectivity index (χ2n) is 5.76. The van der Waals surface area contributed by atoms with Gasteiger partial charge in [-0.1, -0.05) is 36.8 Å².